The van der Waals surface area contributed by atoms with Crippen molar-refractivity contribution in [1.29, 1.82) is 0 Å². The van der Waals surface area contributed by atoms with Gasteiger partial charge >= 0.3 is 5.97 Å². The molecule has 1 heterocycles. The third kappa shape index (κ3) is 2.97. The van der Waals surface area contributed by atoms with Crippen LogP contribution in [-0.4, -0.2) is 30.3 Å². The van der Waals surface area contributed by atoms with Crippen LogP contribution in [0.15, 0.2) is 0 Å². The molecule has 4 nitrogen and oxygen atoms in total. The molecule has 0 aromatic carbocycles. The molecule has 1 saturated heterocycles. The third-order valence-corrected chi connectivity index (χ3v) is 2.73. The molecule has 0 aromatic heterocycles. The zero-order chi connectivity index (χ0) is 9.90. The first-order chi connectivity index (χ1) is 6.03. The Balaban J connectivity index is 2.45. The molecule has 3 N–H and O–H groups in total. The zero-order valence-corrected chi connectivity index (χ0v) is 7.95. The standard InChI is InChI=1S/C9H17NO3/c1-9(2-4-13-5-3-9)6-7(10)8(11)12/h7H,2-6,10H2,1H3,(H,11,12). The third-order valence-electron chi connectivity index (χ3n) is 2.73. The van der Waals surface area contributed by atoms with Crippen LogP contribution in [0.2, 0.25) is 0 Å². The highest BCUT2D eigenvalue weighted by Gasteiger charge is 2.31. The Morgan fingerprint density at radius 3 is 2.62 bits per heavy atom. The molecule has 1 fully saturated rings. The Morgan fingerprint density at radius 1 is 1.62 bits per heavy atom. The highest BCUT2D eigenvalue weighted by Crippen LogP contribution is 2.34. The molecule has 0 amide bonds. The van der Waals surface area contributed by atoms with Crippen molar-refractivity contribution in [3.8, 4) is 0 Å². The predicted octanol–water partition coefficient (Wildman–Crippen LogP) is 0.605. The van der Waals surface area contributed by atoms with E-state index >= 15 is 0 Å². The number of carboxylic acid groups (broad SMARTS) is 1. The molecular weight excluding hydrogens is 170 g/mol. The number of ether oxygens (including phenoxy) is 1. The molecule has 4 heteroatoms. The number of rotatable bonds is 3. The maximum Gasteiger partial charge on any atom is 0.320 e. The first-order valence-corrected chi connectivity index (χ1v) is 4.60. The molecule has 0 radical (unpaired) electrons. The Hall–Kier alpha value is -0.610. The van der Waals surface area contributed by atoms with Crippen LogP contribution in [0.25, 0.3) is 0 Å². The molecule has 1 unspecified atom stereocenters. The quantitative estimate of drug-likeness (QED) is 0.678. The van der Waals surface area contributed by atoms with E-state index < -0.39 is 12.0 Å². The van der Waals surface area contributed by atoms with Crippen LogP contribution in [-0.2, 0) is 9.53 Å². The van der Waals surface area contributed by atoms with Crippen molar-refractivity contribution in [2.75, 3.05) is 13.2 Å². The summed E-state index contributed by atoms with van der Waals surface area (Å²) in [4.78, 5) is 10.6. The van der Waals surface area contributed by atoms with Crippen LogP contribution in [0.1, 0.15) is 26.2 Å². The Kier molecular flexibility index (Phi) is 3.27. The van der Waals surface area contributed by atoms with E-state index in [1.165, 1.54) is 0 Å². The SMILES string of the molecule is CC1(CC(N)C(=O)O)CCOCC1. The summed E-state index contributed by atoms with van der Waals surface area (Å²) in [6, 6.07) is -0.733. The smallest absolute Gasteiger partial charge is 0.320 e. The van der Waals surface area contributed by atoms with Crippen molar-refractivity contribution in [3.63, 3.8) is 0 Å². The van der Waals surface area contributed by atoms with E-state index in [0.717, 1.165) is 26.1 Å². The van der Waals surface area contributed by atoms with Crippen LogP contribution >= 0.6 is 0 Å². The Labute approximate surface area is 78.1 Å². The number of carboxylic acids is 1. The van der Waals surface area contributed by atoms with E-state index in [9.17, 15) is 4.79 Å². The highest BCUT2D eigenvalue weighted by atomic mass is 16.5. The second kappa shape index (κ2) is 4.07. The lowest BCUT2D eigenvalue weighted by molar-refractivity contribution is -0.139. The van der Waals surface area contributed by atoms with Crippen LogP contribution in [0.3, 0.4) is 0 Å². The van der Waals surface area contributed by atoms with Gasteiger partial charge in [-0.1, -0.05) is 6.92 Å². The first-order valence-electron chi connectivity index (χ1n) is 4.60. The van der Waals surface area contributed by atoms with Gasteiger partial charge < -0.3 is 15.6 Å². The maximum absolute atomic E-state index is 10.6. The molecule has 1 aliphatic heterocycles. The zero-order valence-electron chi connectivity index (χ0n) is 7.95. The van der Waals surface area contributed by atoms with Gasteiger partial charge in [-0.25, -0.2) is 0 Å². The average Bonchev–Trinajstić information content (AvgIpc) is 2.04. The van der Waals surface area contributed by atoms with Gasteiger partial charge in [-0.3, -0.25) is 4.79 Å². The summed E-state index contributed by atoms with van der Waals surface area (Å²) in [7, 11) is 0. The minimum absolute atomic E-state index is 0.0516. The monoisotopic (exact) mass is 187 g/mol. The largest absolute Gasteiger partial charge is 0.480 e. The van der Waals surface area contributed by atoms with Crippen molar-refractivity contribution < 1.29 is 14.6 Å². The van der Waals surface area contributed by atoms with Gasteiger partial charge in [0.1, 0.15) is 6.04 Å². The van der Waals surface area contributed by atoms with E-state index in [1.807, 2.05) is 0 Å². The molecule has 0 aliphatic carbocycles. The van der Waals surface area contributed by atoms with E-state index in [4.69, 9.17) is 15.6 Å². The van der Waals surface area contributed by atoms with Crippen LogP contribution in [0.4, 0.5) is 0 Å². The summed E-state index contributed by atoms with van der Waals surface area (Å²) in [5.41, 5.74) is 5.54. The van der Waals surface area contributed by atoms with Crippen molar-refractivity contribution in [2.24, 2.45) is 11.1 Å². The Bertz CT molecular complexity index is 187. The minimum atomic E-state index is -0.910. The van der Waals surface area contributed by atoms with Crippen molar-refractivity contribution >= 4 is 5.97 Å². The molecule has 13 heavy (non-hydrogen) atoms. The fourth-order valence-corrected chi connectivity index (χ4v) is 1.69. The van der Waals surface area contributed by atoms with Crippen molar-refractivity contribution in [2.45, 2.75) is 32.2 Å². The van der Waals surface area contributed by atoms with E-state index in [2.05, 4.69) is 6.92 Å². The fourth-order valence-electron chi connectivity index (χ4n) is 1.69. The van der Waals surface area contributed by atoms with E-state index in [-0.39, 0.29) is 5.41 Å². The second-order valence-corrected chi connectivity index (χ2v) is 4.07. The summed E-state index contributed by atoms with van der Waals surface area (Å²) in [5.74, 6) is -0.910. The number of hydrogen-bond donors (Lipinski definition) is 2. The van der Waals surface area contributed by atoms with Crippen LogP contribution in [0.5, 0.6) is 0 Å². The van der Waals surface area contributed by atoms with E-state index in [1.54, 1.807) is 0 Å². The summed E-state index contributed by atoms with van der Waals surface area (Å²) in [5, 5.41) is 8.67. The molecule has 0 bridgehead atoms. The van der Waals surface area contributed by atoms with Crippen molar-refractivity contribution in [3.05, 3.63) is 0 Å². The van der Waals surface area contributed by atoms with Gasteiger partial charge in [-0.15, -0.1) is 0 Å². The molecule has 76 valence electrons. The lowest BCUT2D eigenvalue weighted by Crippen LogP contribution is -2.38. The molecule has 1 aliphatic rings. The predicted molar refractivity (Wildman–Crippen MR) is 48.4 cm³/mol. The number of nitrogens with two attached hydrogens (primary N) is 1. The lowest BCUT2D eigenvalue weighted by Gasteiger charge is -2.34. The van der Waals surface area contributed by atoms with Gasteiger partial charge in [0, 0.05) is 13.2 Å². The number of hydrogen-bond acceptors (Lipinski definition) is 3. The van der Waals surface area contributed by atoms with Gasteiger partial charge in [0.15, 0.2) is 0 Å². The fraction of sp³-hybridized carbons (Fsp3) is 0.889. The molecule has 1 rings (SSSR count). The van der Waals surface area contributed by atoms with Gasteiger partial charge in [0.05, 0.1) is 0 Å². The van der Waals surface area contributed by atoms with Gasteiger partial charge in [0.2, 0.25) is 0 Å². The first kappa shape index (κ1) is 10.5. The summed E-state index contributed by atoms with van der Waals surface area (Å²) < 4.78 is 5.22. The van der Waals surface area contributed by atoms with Gasteiger partial charge in [-0.05, 0) is 24.7 Å². The van der Waals surface area contributed by atoms with Gasteiger partial charge in [-0.2, -0.15) is 0 Å². The highest BCUT2D eigenvalue weighted by molar-refractivity contribution is 5.73. The average molecular weight is 187 g/mol. The van der Waals surface area contributed by atoms with Crippen molar-refractivity contribution in [1.82, 2.24) is 0 Å². The van der Waals surface area contributed by atoms with Gasteiger partial charge in [0.25, 0.3) is 0 Å². The summed E-state index contributed by atoms with van der Waals surface area (Å²) in [6.07, 6.45) is 2.37. The minimum Gasteiger partial charge on any atom is -0.480 e. The second-order valence-electron chi connectivity index (χ2n) is 4.07. The number of aliphatic carboxylic acids is 1. The van der Waals surface area contributed by atoms with Crippen LogP contribution in [0, 0.1) is 5.41 Å². The normalized spacial score (nSPS) is 23.8. The van der Waals surface area contributed by atoms with E-state index in [0.29, 0.717) is 6.42 Å². The van der Waals surface area contributed by atoms with Crippen LogP contribution < -0.4 is 5.73 Å². The molecular formula is C9H17NO3. The lowest BCUT2D eigenvalue weighted by atomic mass is 9.77. The molecule has 0 spiro atoms. The molecule has 1 atom stereocenters. The maximum atomic E-state index is 10.6. The molecule has 0 aromatic rings. The molecule has 0 saturated carbocycles. The number of carbonyl (C=O) groups is 1. The summed E-state index contributed by atoms with van der Waals surface area (Å²) in [6.45, 7) is 3.53. The summed E-state index contributed by atoms with van der Waals surface area (Å²) >= 11 is 0. The Morgan fingerprint density at radius 2 is 2.15 bits per heavy atom. The topological polar surface area (TPSA) is 72.6 Å².